The second kappa shape index (κ2) is 6.53. The van der Waals surface area contributed by atoms with Crippen LogP contribution in [0.1, 0.15) is 21.0 Å². The highest BCUT2D eigenvalue weighted by molar-refractivity contribution is 9.10. The van der Waals surface area contributed by atoms with Crippen molar-refractivity contribution < 1.29 is 8.42 Å². The molecule has 8 heteroatoms. The highest BCUT2D eigenvalue weighted by atomic mass is 79.9. The highest BCUT2D eigenvalue weighted by Crippen LogP contribution is 2.27. The summed E-state index contributed by atoms with van der Waals surface area (Å²) in [6.07, 6.45) is 1.73. The largest absolute Gasteiger partial charge is 0.326 e. The first kappa shape index (κ1) is 16.6. The molecule has 0 bridgehead atoms. The number of hydrogen-bond donors (Lipinski definition) is 2. The summed E-state index contributed by atoms with van der Waals surface area (Å²) in [5.41, 5.74) is 7.23. The van der Waals surface area contributed by atoms with Gasteiger partial charge in [0.1, 0.15) is 5.01 Å². The monoisotopic (exact) mass is 389 g/mol. The van der Waals surface area contributed by atoms with Crippen molar-refractivity contribution in [2.75, 3.05) is 0 Å². The molecule has 5 nitrogen and oxygen atoms in total. The summed E-state index contributed by atoms with van der Waals surface area (Å²) in [6.45, 7) is 4.24. The molecule has 0 amide bonds. The van der Waals surface area contributed by atoms with Gasteiger partial charge < -0.3 is 5.73 Å². The van der Waals surface area contributed by atoms with E-state index in [1.54, 1.807) is 12.3 Å². The molecule has 1 heterocycles. The highest BCUT2D eigenvalue weighted by Gasteiger charge is 2.20. The average Bonchev–Trinajstić information content (AvgIpc) is 2.85. The molecule has 0 saturated heterocycles. The van der Waals surface area contributed by atoms with E-state index < -0.39 is 10.0 Å². The van der Waals surface area contributed by atoms with Crippen molar-refractivity contribution in [1.82, 2.24) is 9.71 Å². The van der Waals surface area contributed by atoms with Crippen LogP contribution in [0.5, 0.6) is 0 Å². The molecule has 0 fully saturated rings. The van der Waals surface area contributed by atoms with Gasteiger partial charge in [0.2, 0.25) is 10.0 Å². The minimum absolute atomic E-state index is 0.180. The topological polar surface area (TPSA) is 85.1 Å². The fraction of sp³-hybridized carbons (Fsp3) is 0.308. The molecule has 1 aromatic heterocycles. The second-order valence-corrected chi connectivity index (χ2v) is 8.47. The van der Waals surface area contributed by atoms with Gasteiger partial charge in [-0.3, -0.25) is 0 Å². The summed E-state index contributed by atoms with van der Waals surface area (Å²) in [4.78, 5) is 5.40. The standard InChI is InChI=1S/C13H16BrN3O2S2/c1-8-3-10(5-15)4-11(13(8)14)21(18,19)17-7-12-16-6-9(2)20-12/h3-4,6,17H,5,7,15H2,1-2H3. The summed E-state index contributed by atoms with van der Waals surface area (Å²) >= 11 is 4.81. The molecule has 0 aliphatic carbocycles. The van der Waals surface area contributed by atoms with Crippen molar-refractivity contribution in [3.05, 3.63) is 43.8 Å². The molecule has 0 unspecified atom stereocenters. The summed E-state index contributed by atoms with van der Waals surface area (Å²) in [7, 11) is -3.62. The van der Waals surface area contributed by atoms with E-state index in [1.165, 1.54) is 11.3 Å². The van der Waals surface area contributed by atoms with Gasteiger partial charge in [-0.05, 0) is 47.0 Å². The van der Waals surface area contributed by atoms with E-state index in [4.69, 9.17) is 5.73 Å². The van der Waals surface area contributed by atoms with E-state index >= 15 is 0 Å². The first-order valence-corrected chi connectivity index (χ1v) is 9.33. The molecule has 0 radical (unpaired) electrons. The minimum Gasteiger partial charge on any atom is -0.326 e. The third-order valence-electron chi connectivity index (χ3n) is 2.89. The van der Waals surface area contributed by atoms with Crippen LogP contribution >= 0.6 is 27.3 Å². The maximum absolute atomic E-state index is 12.4. The molecule has 3 N–H and O–H groups in total. The van der Waals surface area contributed by atoms with Gasteiger partial charge in [0.25, 0.3) is 0 Å². The maximum atomic E-state index is 12.4. The number of thiazole rings is 1. The second-order valence-electron chi connectivity index (χ2n) is 4.62. The number of aromatic nitrogens is 1. The molecular formula is C13H16BrN3O2S2. The molecule has 0 aliphatic rings. The number of hydrogen-bond acceptors (Lipinski definition) is 5. The molecule has 114 valence electrons. The molecule has 0 saturated carbocycles. The van der Waals surface area contributed by atoms with Crippen molar-refractivity contribution in [3.63, 3.8) is 0 Å². The maximum Gasteiger partial charge on any atom is 0.242 e. The van der Waals surface area contributed by atoms with E-state index in [1.807, 2.05) is 19.9 Å². The first-order valence-electron chi connectivity index (χ1n) is 6.23. The first-order chi connectivity index (χ1) is 9.83. The number of benzene rings is 1. The van der Waals surface area contributed by atoms with E-state index in [2.05, 4.69) is 25.6 Å². The van der Waals surface area contributed by atoms with Gasteiger partial charge in [-0.15, -0.1) is 11.3 Å². The molecule has 2 rings (SSSR count). The third kappa shape index (κ3) is 3.89. The van der Waals surface area contributed by atoms with E-state index in [0.717, 1.165) is 21.0 Å². The van der Waals surface area contributed by atoms with Gasteiger partial charge in [0.15, 0.2) is 0 Å². The number of nitrogens with one attached hydrogen (secondary N) is 1. The van der Waals surface area contributed by atoms with E-state index in [0.29, 0.717) is 11.0 Å². The van der Waals surface area contributed by atoms with Crippen molar-refractivity contribution in [3.8, 4) is 0 Å². The molecular weight excluding hydrogens is 374 g/mol. The molecule has 1 aromatic carbocycles. The van der Waals surface area contributed by atoms with Gasteiger partial charge in [-0.2, -0.15) is 0 Å². The van der Waals surface area contributed by atoms with Crippen molar-refractivity contribution in [2.24, 2.45) is 5.73 Å². The summed E-state index contributed by atoms with van der Waals surface area (Å²) in [5.74, 6) is 0. The number of rotatable bonds is 5. The van der Waals surface area contributed by atoms with Gasteiger partial charge in [0.05, 0.1) is 11.4 Å². The van der Waals surface area contributed by atoms with Gasteiger partial charge in [-0.25, -0.2) is 18.1 Å². The van der Waals surface area contributed by atoms with Crippen LogP contribution in [0, 0.1) is 13.8 Å². The number of sulfonamides is 1. The SMILES string of the molecule is Cc1cnc(CNS(=O)(=O)c2cc(CN)cc(C)c2Br)s1. The summed E-state index contributed by atoms with van der Waals surface area (Å²) in [6, 6.07) is 3.46. The number of nitrogens with zero attached hydrogens (tertiary/aromatic N) is 1. The Morgan fingerprint density at radius 1 is 1.38 bits per heavy atom. The molecule has 21 heavy (non-hydrogen) atoms. The van der Waals surface area contributed by atoms with E-state index in [9.17, 15) is 8.42 Å². The Balaban J connectivity index is 2.29. The van der Waals surface area contributed by atoms with Crippen molar-refractivity contribution in [1.29, 1.82) is 0 Å². The lowest BCUT2D eigenvalue weighted by atomic mass is 10.1. The fourth-order valence-electron chi connectivity index (χ4n) is 1.84. The van der Waals surface area contributed by atoms with Crippen LogP contribution in [-0.2, 0) is 23.1 Å². The minimum atomic E-state index is -3.62. The molecule has 2 aromatic rings. The number of halogens is 1. The van der Waals surface area contributed by atoms with Crippen LogP contribution in [0.15, 0.2) is 27.7 Å². The van der Waals surface area contributed by atoms with Crippen LogP contribution < -0.4 is 10.5 Å². The third-order valence-corrected chi connectivity index (χ3v) is 6.54. The Hall–Kier alpha value is -0.800. The predicted molar refractivity (Wildman–Crippen MR) is 87.6 cm³/mol. The van der Waals surface area contributed by atoms with Crippen LogP contribution in [0.2, 0.25) is 0 Å². The smallest absolute Gasteiger partial charge is 0.242 e. The number of aryl methyl sites for hydroxylation is 2. The lowest BCUT2D eigenvalue weighted by Crippen LogP contribution is -2.24. The van der Waals surface area contributed by atoms with E-state index in [-0.39, 0.29) is 11.4 Å². The normalized spacial score (nSPS) is 11.8. The Labute approximate surface area is 136 Å². The van der Waals surface area contributed by atoms with Crippen LogP contribution in [0.3, 0.4) is 0 Å². The average molecular weight is 390 g/mol. The molecule has 0 aliphatic heterocycles. The lowest BCUT2D eigenvalue weighted by molar-refractivity contribution is 0.580. The zero-order valence-electron chi connectivity index (χ0n) is 11.7. The van der Waals surface area contributed by atoms with Gasteiger partial charge in [-0.1, -0.05) is 6.07 Å². The molecule has 0 spiro atoms. The van der Waals surface area contributed by atoms with Gasteiger partial charge in [0, 0.05) is 22.1 Å². The van der Waals surface area contributed by atoms with Crippen LogP contribution in [0.25, 0.3) is 0 Å². The Morgan fingerprint density at radius 3 is 2.67 bits per heavy atom. The zero-order valence-corrected chi connectivity index (χ0v) is 14.9. The number of nitrogens with two attached hydrogens (primary N) is 1. The van der Waals surface area contributed by atoms with Crippen molar-refractivity contribution in [2.45, 2.75) is 31.8 Å². The van der Waals surface area contributed by atoms with Crippen LogP contribution in [0.4, 0.5) is 0 Å². The Kier molecular flexibility index (Phi) is 5.15. The summed E-state index contributed by atoms with van der Waals surface area (Å²) in [5, 5.41) is 0.735. The lowest BCUT2D eigenvalue weighted by Gasteiger charge is -2.11. The zero-order chi connectivity index (χ0) is 15.6. The Bertz CT molecular complexity index is 757. The predicted octanol–water partition coefficient (Wildman–Crippen LogP) is 2.46. The van der Waals surface area contributed by atoms with Crippen LogP contribution in [-0.4, -0.2) is 13.4 Å². The molecule has 0 atom stereocenters. The Morgan fingerprint density at radius 2 is 2.10 bits per heavy atom. The van der Waals surface area contributed by atoms with Gasteiger partial charge >= 0.3 is 0 Å². The fourth-order valence-corrected chi connectivity index (χ4v) is 4.71. The quantitative estimate of drug-likeness (QED) is 0.822. The summed E-state index contributed by atoms with van der Waals surface area (Å²) < 4.78 is 28.0. The van der Waals surface area contributed by atoms with Crippen molar-refractivity contribution >= 4 is 37.3 Å².